The molecule has 2 aliphatic carbocycles. The van der Waals surface area contributed by atoms with Gasteiger partial charge in [0.2, 0.25) is 0 Å². The second-order valence-electron chi connectivity index (χ2n) is 16.3. The van der Waals surface area contributed by atoms with Gasteiger partial charge in [-0.15, -0.1) is 0 Å². The second kappa shape index (κ2) is 11.0. The third kappa shape index (κ3) is 3.69. The molecule has 284 valence electrons. The number of nitrogens with zero attached hydrogens (tertiary/aromatic N) is 4. The summed E-state index contributed by atoms with van der Waals surface area (Å²) in [5, 5.41) is 1.85. The average molecular weight is 785 g/mol. The highest BCUT2D eigenvalue weighted by Crippen LogP contribution is 2.66. The summed E-state index contributed by atoms with van der Waals surface area (Å²) in [5.74, 6) is 0. The topological polar surface area (TPSA) is 85.9 Å². The van der Waals surface area contributed by atoms with Crippen LogP contribution in [-0.2, 0) is 5.41 Å². The zero-order chi connectivity index (χ0) is 40.5. The third-order valence-electron chi connectivity index (χ3n) is 13.5. The highest BCUT2D eigenvalue weighted by Gasteiger charge is 2.53. The summed E-state index contributed by atoms with van der Waals surface area (Å²) in [6.45, 7) is 0. The third-order valence-corrected chi connectivity index (χ3v) is 13.5. The van der Waals surface area contributed by atoms with E-state index in [1.165, 1.54) is 9.03 Å². The van der Waals surface area contributed by atoms with Crippen molar-refractivity contribution in [1.29, 1.82) is 0 Å². The molecule has 2 aliphatic rings. The van der Waals surface area contributed by atoms with Gasteiger partial charge in [-0.25, -0.2) is 9.03 Å². The summed E-state index contributed by atoms with van der Waals surface area (Å²) >= 11 is 0. The van der Waals surface area contributed by atoms with E-state index in [1.54, 1.807) is 21.2 Å². The molecule has 12 aromatic rings. The first-order valence-electron chi connectivity index (χ1n) is 20.3. The van der Waals surface area contributed by atoms with Crippen LogP contribution in [0.2, 0.25) is 0 Å². The maximum Gasteiger partial charge on any atom is 0.282 e. The lowest BCUT2D eigenvalue weighted by Crippen LogP contribution is -2.26. The molecule has 0 atom stereocenters. The van der Waals surface area contributed by atoms with Gasteiger partial charge in [-0.05, 0) is 115 Å². The zero-order valence-electron chi connectivity index (χ0n) is 32.1. The normalized spacial score (nSPS) is 13.6. The highest BCUT2D eigenvalue weighted by molar-refractivity contribution is 6.07. The van der Waals surface area contributed by atoms with Crippen molar-refractivity contribution in [3.05, 3.63) is 234 Å². The summed E-state index contributed by atoms with van der Waals surface area (Å²) in [6.07, 6.45) is 0. The molecule has 0 saturated heterocycles. The van der Waals surface area contributed by atoms with E-state index in [9.17, 15) is 19.2 Å². The number of hydrogen-bond donors (Lipinski definition) is 0. The first-order chi connectivity index (χ1) is 30.0. The van der Waals surface area contributed by atoms with E-state index in [0.717, 1.165) is 66.8 Å². The van der Waals surface area contributed by atoms with Crippen LogP contribution in [0.3, 0.4) is 0 Å². The zero-order valence-corrected chi connectivity index (χ0v) is 32.1. The van der Waals surface area contributed by atoms with Gasteiger partial charge in [-0.1, -0.05) is 121 Å². The Labute approximate surface area is 343 Å². The van der Waals surface area contributed by atoms with Gasteiger partial charge in [0, 0.05) is 0 Å². The van der Waals surface area contributed by atoms with Gasteiger partial charge in [-0.2, -0.15) is 9.03 Å². The number of aromatic nitrogens is 4. The number of hydrogen-bond acceptors (Lipinski definition) is 4. The Morgan fingerprint density at radius 1 is 0.295 bits per heavy atom. The molecule has 0 aliphatic heterocycles. The first kappa shape index (κ1) is 32.6. The van der Waals surface area contributed by atoms with Crippen LogP contribution in [0.1, 0.15) is 22.3 Å². The number of para-hydroxylation sites is 2. The van der Waals surface area contributed by atoms with Crippen LogP contribution in [0.4, 0.5) is 0 Å². The summed E-state index contributed by atoms with van der Waals surface area (Å²) < 4.78 is 6.07. The van der Waals surface area contributed by atoms with Crippen molar-refractivity contribution in [3.8, 4) is 44.5 Å². The summed E-state index contributed by atoms with van der Waals surface area (Å²) in [6, 6.07) is 56.4. The minimum absolute atomic E-state index is 0.355. The predicted molar refractivity (Wildman–Crippen MR) is 240 cm³/mol. The van der Waals surface area contributed by atoms with Crippen LogP contribution >= 0.6 is 0 Å². The molecule has 14 rings (SSSR count). The van der Waals surface area contributed by atoms with Gasteiger partial charge < -0.3 is 0 Å². The minimum Gasteiger partial charge on any atom is -0.267 e. The number of benzene rings is 8. The van der Waals surface area contributed by atoms with E-state index in [0.29, 0.717) is 43.6 Å². The van der Waals surface area contributed by atoms with Gasteiger partial charge in [0.25, 0.3) is 22.2 Å². The van der Waals surface area contributed by atoms with Crippen molar-refractivity contribution >= 4 is 43.6 Å². The summed E-state index contributed by atoms with van der Waals surface area (Å²) in [4.78, 5) is 56.9. The molecule has 8 nitrogen and oxygen atoms in total. The monoisotopic (exact) mass is 784 g/mol. The molecule has 0 unspecified atom stereocenters. The second-order valence-corrected chi connectivity index (χ2v) is 16.3. The number of fused-ring (bicyclic) bond motifs is 20. The van der Waals surface area contributed by atoms with Gasteiger partial charge in [0.15, 0.2) is 0 Å². The maximum absolute atomic E-state index is 14.5. The van der Waals surface area contributed by atoms with E-state index >= 15 is 0 Å². The van der Waals surface area contributed by atoms with Crippen LogP contribution in [-0.4, -0.2) is 18.1 Å². The van der Waals surface area contributed by atoms with E-state index < -0.39 is 5.41 Å². The minimum atomic E-state index is -0.964. The smallest absolute Gasteiger partial charge is 0.267 e. The largest absolute Gasteiger partial charge is 0.282 e. The fourth-order valence-corrected chi connectivity index (χ4v) is 11.2. The van der Waals surface area contributed by atoms with Crippen molar-refractivity contribution in [1.82, 2.24) is 18.1 Å². The van der Waals surface area contributed by atoms with Crippen molar-refractivity contribution < 1.29 is 0 Å². The Morgan fingerprint density at radius 2 is 0.689 bits per heavy atom. The van der Waals surface area contributed by atoms with Crippen LogP contribution in [0, 0.1) is 0 Å². The first-order valence-corrected chi connectivity index (χ1v) is 20.3. The molecule has 1 spiro atoms. The van der Waals surface area contributed by atoms with E-state index in [2.05, 4.69) is 72.8 Å². The molecule has 8 heteroatoms. The van der Waals surface area contributed by atoms with Crippen molar-refractivity contribution in [2.45, 2.75) is 5.41 Å². The van der Waals surface area contributed by atoms with Gasteiger partial charge >= 0.3 is 0 Å². The summed E-state index contributed by atoms with van der Waals surface area (Å²) in [5.41, 5.74) is 12.0. The molecule has 0 bridgehead atoms. The van der Waals surface area contributed by atoms with Crippen LogP contribution in [0.25, 0.3) is 88.1 Å². The Hall–Kier alpha value is -8.36. The Morgan fingerprint density at radius 3 is 1.13 bits per heavy atom. The van der Waals surface area contributed by atoms with Crippen molar-refractivity contribution in [2.24, 2.45) is 0 Å². The molecule has 0 saturated carbocycles. The molecule has 4 aromatic heterocycles. The van der Waals surface area contributed by atoms with Crippen molar-refractivity contribution in [2.75, 3.05) is 0 Å². The van der Waals surface area contributed by atoms with Crippen LogP contribution in [0.5, 0.6) is 0 Å². The quantitative estimate of drug-likeness (QED) is 0.175. The van der Waals surface area contributed by atoms with Gasteiger partial charge in [0.1, 0.15) is 0 Å². The van der Waals surface area contributed by atoms with Crippen LogP contribution < -0.4 is 22.2 Å². The Balaban J connectivity index is 1.23. The van der Waals surface area contributed by atoms with Crippen molar-refractivity contribution in [3.63, 3.8) is 0 Å². The molecular formula is C53H28N4O4. The fourth-order valence-electron chi connectivity index (χ4n) is 11.2. The van der Waals surface area contributed by atoms with Crippen LogP contribution in [0.15, 0.2) is 189 Å². The lowest BCUT2D eigenvalue weighted by molar-refractivity contribution is 0.792. The number of rotatable bonds is 2. The molecule has 4 heterocycles. The molecule has 61 heavy (non-hydrogen) atoms. The van der Waals surface area contributed by atoms with E-state index in [4.69, 9.17) is 0 Å². The standard InChI is InChI=1S/C53H28N4O4/c58-49-33-17-7-9-23-43(33)54-45-27-41-35(25-37(45)51(60)56(49)54)47-31(29-13-3-1-4-14-29)19-11-21-39(47)53(41)40-22-12-20-32(30-15-5-2-6-16-30)48(40)36-26-38-46(28-42(36)53)55-44-24-10-8-18-34(44)50(59)57(55)52(38)61/h1-28H. The van der Waals surface area contributed by atoms with Gasteiger partial charge in [-0.3, -0.25) is 19.2 Å². The maximum atomic E-state index is 14.5. The highest BCUT2D eigenvalue weighted by atomic mass is 16.2. The fraction of sp³-hybridized carbons (Fsp3) is 0.0189. The molecule has 0 N–H and O–H groups in total. The van der Waals surface area contributed by atoms with Gasteiger partial charge in [0.05, 0.1) is 49.0 Å². The van der Waals surface area contributed by atoms with E-state index in [1.807, 2.05) is 84.9 Å². The molecule has 0 amide bonds. The molecular weight excluding hydrogens is 757 g/mol. The SMILES string of the molecule is O=c1c2ccccc2n2c3cc4c(cc3c(=O)n12)-c1c(-c2ccccc2)cccc1C41c2cc3c(cc2-c2c(-c4ccccc4)cccc21)c(=O)n1c(=O)c2ccccc2n31. The molecule has 0 radical (unpaired) electrons. The van der Waals surface area contributed by atoms with E-state index in [-0.39, 0.29) is 22.2 Å². The summed E-state index contributed by atoms with van der Waals surface area (Å²) in [7, 11) is 0. The molecule has 8 aromatic carbocycles. The average Bonchev–Trinajstić information content (AvgIpc) is 4.10. The lowest BCUT2D eigenvalue weighted by Gasteiger charge is -2.31. The lowest BCUT2D eigenvalue weighted by atomic mass is 9.70. The Kier molecular flexibility index (Phi) is 5.88. The predicted octanol–water partition coefficient (Wildman–Crippen LogP) is 9.00. The Bertz CT molecular complexity index is 3930. The molecule has 0 fully saturated rings.